The second-order valence-corrected chi connectivity index (χ2v) is 12.2. The van der Waals surface area contributed by atoms with Crippen LogP contribution in [0.3, 0.4) is 0 Å². The van der Waals surface area contributed by atoms with E-state index in [4.69, 9.17) is 9.97 Å². The summed E-state index contributed by atoms with van der Waals surface area (Å²) in [7, 11) is 0. The molecule has 0 aliphatic carbocycles. The van der Waals surface area contributed by atoms with E-state index in [2.05, 4.69) is 153 Å². The monoisotopic (exact) mass is 586 g/mol. The van der Waals surface area contributed by atoms with E-state index in [9.17, 15) is 0 Å². The van der Waals surface area contributed by atoms with Crippen LogP contribution in [0.4, 0.5) is 0 Å². The summed E-state index contributed by atoms with van der Waals surface area (Å²) in [5, 5.41) is 9.74. The molecule has 0 saturated carbocycles. The molecule has 2 heterocycles. The summed E-state index contributed by atoms with van der Waals surface area (Å²) in [6.45, 7) is 4.32. The molecule has 7 aromatic carbocycles. The van der Waals surface area contributed by atoms with Crippen molar-refractivity contribution < 1.29 is 0 Å². The molecule has 0 aliphatic heterocycles. The molecule has 0 spiro atoms. The first-order valence-corrected chi connectivity index (χ1v) is 15.8. The SMILES string of the molecule is Cc1ccnc2c1ccc1c(C)cc(-c3ccc(-c4c5ccccc5c(-c5ccccc5)c5ccccc45)c4ccccc34)nc12. The molecule has 0 N–H and O–H groups in total. The number of hydrogen-bond donors (Lipinski definition) is 0. The van der Waals surface area contributed by atoms with Crippen LogP contribution in [0.1, 0.15) is 11.1 Å². The standard InChI is InChI=1S/C44H30N2/c1-27-24-25-45-43-30(27)20-21-31-28(2)26-40(46-44(31)43)34-22-23-39(33-15-7-6-14-32(33)34)42-37-18-10-8-16-35(37)41(29-12-4-3-5-13-29)36-17-9-11-19-38(36)42/h3-26H,1-2H3. The van der Waals surface area contributed by atoms with Gasteiger partial charge in [0.2, 0.25) is 0 Å². The summed E-state index contributed by atoms with van der Waals surface area (Å²) in [5.41, 5.74) is 11.4. The van der Waals surface area contributed by atoms with E-state index < -0.39 is 0 Å². The van der Waals surface area contributed by atoms with Crippen molar-refractivity contribution >= 4 is 54.1 Å². The number of pyridine rings is 2. The Kier molecular flexibility index (Phi) is 5.97. The minimum Gasteiger partial charge on any atom is -0.254 e. The van der Waals surface area contributed by atoms with Crippen molar-refractivity contribution in [2.24, 2.45) is 0 Å². The molecule has 9 aromatic rings. The van der Waals surface area contributed by atoms with E-state index in [0.29, 0.717) is 0 Å². The van der Waals surface area contributed by atoms with E-state index in [1.54, 1.807) is 0 Å². The van der Waals surface area contributed by atoms with Crippen molar-refractivity contribution in [3.8, 4) is 33.5 Å². The lowest BCUT2D eigenvalue weighted by Crippen LogP contribution is -1.95. The predicted molar refractivity (Wildman–Crippen MR) is 195 cm³/mol. The van der Waals surface area contributed by atoms with Gasteiger partial charge in [-0.3, -0.25) is 4.98 Å². The molecule has 0 bridgehead atoms. The molecule has 0 aliphatic rings. The van der Waals surface area contributed by atoms with Crippen molar-refractivity contribution in [1.29, 1.82) is 0 Å². The first-order chi connectivity index (χ1) is 22.7. The zero-order valence-corrected chi connectivity index (χ0v) is 25.8. The average molecular weight is 587 g/mol. The minimum atomic E-state index is 0.956. The Labute approximate surface area is 267 Å². The summed E-state index contributed by atoms with van der Waals surface area (Å²) in [6.07, 6.45) is 1.89. The maximum Gasteiger partial charge on any atom is 0.0974 e. The van der Waals surface area contributed by atoms with Gasteiger partial charge in [-0.1, -0.05) is 127 Å². The van der Waals surface area contributed by atoms with Gasteiger partial charge in [0, 0.05) is 22.5 Å². The van der Waals surface area contributed by atoms with E-state index >= 15 is 0 Å². The maximum absolute atomic E-state index is 5.31. The third-order valence-electron chi connectivity index (χ3n) is 9.58. The van der Waals surface area contributed by atoms with Crippen LogP contribution in [-0.2, 0) is 0 Å². The first kappa shape index (κ1) is 26.5. The van der Waals surface area contributed by atoms with Gasteiger partial charge in [0.15, 0.2) is 0 Å². The number of hydrogen-bond acceptors (Lipinski definition) is 2. The second-order valence-electron chi connectivity index (χ2n) is 12.2. The van der Waals surface area contributed by atoms with E-state index in [0.717, 1.165) is 33.1 Å². The summed E-state index contributed by atoms with van der Waals surface area (Å²) in [5.74, 6) is 0. The van der Waals surface area contributed by atoms with Gasteiger partial charge >= 0.3 is 0 Å². The number of aryl methyl sites for hydroxylation is 2. The highest BCUT2D eigenvalue weighted by molar-refractivity contribution is 6.24. The Morgan fingerprint density at radius 1 is 0.391 bits per heavy atom. The topological polar surface area (TPSA) is 25.8 Å². The zero-order chi connectivity index (χ0) is 30.8. The third kappa shape index (κ3) is 3.97. The highest BCUT2D eigenvalue weighted by atomic mass is 14.8. The summed E-state index contributed by atoms with van der Waals surface area (Å²) >= 11 is 0. The lowest BCUT2D eigenvalue weighted by molar-refractivity contribution is 1.33. The van der Waals surface area contributed by atoms with Gasteiger partial charge in [-0.15, -0.1) is 0 Å². The van der Waals surface area contributed by atoms with Crippen LogP contribution < -0.4 is 0 Å². The fraction of sp³-hybridized carbons (Fsp3) is 0.0455. The largest absolute Gasteiger partial charge is 0.254 e. The van der Waals surface area contributed by atoms with Crippen LogP contribution in [0.5, 0.6) is 0 Å². The number of aromatic nitrogens is 2. The Hall–Kier alpha value is -5.86. The van der Waals surface area contributed by atoms with Crippen LogP contribution in [0, 0.1) is 13.8 Å². The molecule has 216 valence electrons. The molecule has 0 radical (unpaired) electrons. The molecule has 0 amide bonds. The molecule has 46 heavy (non-hydrogen) atoms. The number of nitrogens with zero attached hydrogens (tertiary/aromatic N) is 2. The molecule has 2 aromatic heterocycles. The lowest BCUT2D eigenvalue weighted by Gasteiger charge is -2.19. The van der Waals surface area contributed by atoms with E-state index in [1.807, 2.05) is 6.20 Å². The second kappa shape index (κ2) is 10.4. The molecule has 0 saturated heterocycles. The van der Waals surface area contributed by atoms with Crippen LogP contribution in [0.15, 0.2) is 146 Å². The smallest absolute Gasteiger partial charge is 0.0974 e. The van der Waals surface area contributed by atoms with Crippen LogP contribution >= 0.6 is 0 Å². The summed E-state index contributed by atoms with van der Waals surface area (Å²) in [6, 6.07) is 50.5. The quantitative estimate of drug-likeness (QED) is 0.152. The highest BCUT2D eigenvalue weighted by Gasteiger charge is 2.19. The molecular weight excluding hydrogens is 556 g/mol. The Morgan fingerprint density at radius 2 is 0.913 bits per heavy atom. The lowest BCUT2D eigenvalue weighted by atomic mass is 9.84. The van der Waals surface area contributed by atoms with Crippen LogP contribution in [0.2, 0.25) is 0 Å². The molecule has 0 fully saturated rings. The van der Waals surface area contributed by atoms with E-state index in [1.165, 1.54) is 65.7 Å². The highest BCUT2D eigenvalue weighted by Crippen LogP contribution is 2.46. The zero-order valence-electron chi connectivity index (χ0n) is 25.8. The average Bonchev–Trinajstić information content (AvgIpc) is 3.10. The van der Waals surface area contributed by atoms with E-state index in [-0.39, 0.29) is 0 Å². The van der Waals surface area contributed by atoms with Crippen molar-refractivity contribution in [2.75, 3.05) is 0 Å². The van der Waals surface area contributed by atoms with Crippen molar-refractivity contribution in [3.05, 3.63) is 157 Å². The minimum absolute atomic E-state index is 0.956. The molecule has 2 heteroatoms. The molecular formula is C44H30N2. The van der Waals surface area contributed by atoms with Crippen LogP contribution in [-0.4, -0.2) is 9.97 Å². The molecule has 2 nitrogen and oxygen atoms in total. The number of fused-ring (bicyclic) bond motifs is 6. The first-order valence-electron chi connectivity index (χ1n) is 15.8. The van der Waals surface area contributed by atoms with Crippen molar-refractivity contribution in [2.45, 2.75) is 13.8 Å². The van der Waals surface area contributed by atoms with Gasteiger partial charge in [0.05, 0.1) is 16.7 Å². The van der Waals surface area contributed by atoms with Gasteiger partial charge in [0.25, 0.3) is 0 Å². The Morgan fingerprint density at radius 3 is 1.57 bits per heavy atom. The third-order valence-corrected chi connectivity index (χ3v) is 9.58. The van der Waals surface area contributed by atoms with Gasteiger partial charge in [0.1, 0.15) is 0 Å². The van der Waals surface area contributed by atoms with Crippen molar-refractivity contribution in [1.82, 2.24) is 9.97 Å². The fourth-order valence-electron chi connectivity index (χ4n) is 7.42. The number of benzene rings is 7. The normalized spacial score (nSPS) is 11.7. The number of rotatable bonds is 3. The van der Waals surface area contributed by atoms with Crippen molar-refractivity contribution in [3.63, 3.8) is 0 Å². The Bertz CT molecular complexity index is 2600. The summed E-state index contributed by atoms with van der Waals surface area (Å²) < 4.78 is 0. The maximum atomic E-state index is 5.31. The Balaban J connectivity index is 1.34. The van der Waals surface area contributed by atoms with Gasteiger partial charge in [-0.2, -0.15) is 0 Å². The molecule has 0 unspecified atom stereocenters. The molecule has 0 atom stereocenters. The molecule has 9 rings (SSSR count). The van der Waals surface area contributed by atoms with Gasteiger partial charge in [-0.05, 0) is 91.7 Å². The van der Waals surface area contributed by atoms with Crippen LogP contribution in [0.25, 0.3) is 87.6 Å². The predicted octanol–water partition coefficient (Wildman–Crippen LogP) is 11.9. The summed E-state index contributed by atoms with van der Waals surface area (Å²) in [4.78, 5) is 10.1. The van der Waals surface area contributed by atoms with Gasteiger partial charge < -0.3 is 0 Å². The van der Waals surface area contributed by atoms with Gasteiger partial charge in [-0.25, -0.2) is 4.98 Å². The fourth-order valence-corrected chi connectivity index (χ4v) is 7.42.